The van der Waals surface area contributed by atoms with Crippen molar-refractivity contribution in [2.45, 2.75) is 32.5 Å². The topological polar surface area (TPSA) is 85.3 Å². The summed E-state index contributed by atoms with van der Waals surface area (Å²) in [6, 6.07) is 16.3. The summed E-state index contributed by atoms with van der Waals surface area (Å²) in [5.74, 6) is -0.484. The third kappa shape index (κ3) is 5.44. The summed E-state index contributed by atoms with van der Waals surface area (Å²) in [5, 5.41) is 11.7. The molecule has 0 radical (unpaired) electrons. The second kappa shape index (κ2) is 11.4. The Bertz CT molecular complexity index is 1380. The van der Waals surface area contributed by atoms with E-state index in [0.717, 1.165) is 5.56 Å². The minimum atomic E-state index is -0.896. The quantitative estimate of drug-likeness (QED) is 0.196. The van der Waals surface area contributed by atoms with E-state index in [0.29, 0.717) is 17.1 Å². The van der Waals surface area contributed by atoms with E-state index in [1.807, 2.05) is 26.0 Å². The van der Waals surface area contributed by atoms with Crippen LogP contribution in [0.2, 0.25) is 10.0 Å². The molecule has 9 heteroatoms. The second-order valence-corrected chi connectivity index (χ2v) is 9.80. The molecule has 1 unspecified atom stereocenters. The van der Waals surface area contributed by atoms with Crippen LogP contribution in [-0.4, -0.2) is 42.0 Å². The van der Waals surface area contributed by atoms with Crippen LogP contribution in [0.4, 0.5) is 0 Å². The molecular weight excluding hydrogens is 529 g/mol. The molecule has 1 amide bonds. The molecule has 1 aliphatic rings. The minimum Gasteiger partial charge on any atom is -0.507 e. The fraction of sp³-hybridized carbons (Fsp3) is 0.241. The van der Waals surface area contributed by atoms with Crippen LogP contribution < -0.4 is 14.2 Å². The molecule has 1 heterocycles. The number of amides is 1. The first-order chi connectivity index (χ1) is 18.1. The summed E-state index contributed by atoms with van der Waals surface area (Å²) in [5.41, 5.74) is 1.48. The Kier molecular flexibility index (Phi) is 8.19. The molecule has 1 N–H and O–H groups in total. The number of ketones is 1. The van der Waals surface area contributed by atoms with Crippen molar-refractivity contribution >= 4 is 40.7 Å². The van der Waals surface area contributed by atoms with Gasteiger partial charge in [0.25, 0.3) is 11.7 Å². The molecule has 3 aromatic rings. The predicted molar refractivity (Wildman–Crippen MR) is 146 cm³/mol. The summed E-state index contributed by atoms with van der Waals surface area (Å²) in [6.45, 7) is 3.93. The standard InChI is InChI=1S/C29H27Cl2NO6/c1-16(2)38-21-7-5-6-18(12-21)25-24(26(33)19-13-22(30)28(37-4)23(31)14-19)27(34)29(35)32(25)15-17-8-10-20(36-3)11-9-17/h5-14,16,25,33H,15H2,1-4H3/b26-24+. The average Bonchev–Trinajstić information content (AvgIpc) is 3.13. The van der Waals surface area contributed by atoms with Crippen LogP contribution in [0.5, 0.6) is 17.2 Å². The van der Waals surface area contributed by atoms with Crippen molar-refractivity contribution in [3.63, 3.8) is 0 Å². The lowest BCUT2D eigenvalue weighted by Crippen LogP contribution is -2.29. The van der Waals surface area contributed by atoms with E-state index < -0.39 is 23.5 Å². The Labute approximate surface area is 231 Å². The third-order valence-corrected chi connectivity index (χ3v) is 6.63. The van der Waals surface area contributed by atoms with Gasteiger partial charge in [-0.3, -0.25) is 9.59 Å². The fourth-order valence-corrected chi connectivity index (χ4v) is 5.04. The molecular formula is C29H27Cl2NO6. The molecule has 1 aliphatic heterocycles. The fourth-order valence-electron chi connectivity index (χ4n) is 4.39. The van der Waals surface area contributed by atoms with E-state index in [-0.39, 0.29) is 39.6 Å². The summed E-state index contributed by atoms with van der Waals surface area (Å²) in [7, 11) is 2.99. The summed E-state index contributed by atoms with van der Waals surface area (Å²) in [4.78, 5) is 28.2. The molecule has 1 saturated heterocycles. The van der Waals surface area contributed by atoms with Crippen LogP contribution in [0.15, 0.2) is 66.2 Å². The van der Waals surface area contributed by atoms with E-state index in [1.54, 1.807) is 43.5 Å². The maximum Gasteiger partial charge on any atom is 0.295 e. The lowest BCUT2D eigenvalue weighted by molar-refractivity contribution is -0.140. The zero-order valence-corrected chi connectivity index (χ0v) is 22.8. The van der Waals surface area contributed by atoms with Crippen LogP contribution in [0.1, 0.15) is 36.6 Å². The predicted octanol–water partition coefficient (Wildman–Crippen LogP) is 6.42. The maximum absolute atomic E-state index is 13.4. The smallest absolute Gasteiger partial charge is 0.295 e. The Balaban J connectivity index is 1.87. The number of ether oxygens (including phenoxy) is 3. The van der Waals surface area contributed by atoms with Crippen molar-refractivity contribution in [2.24, 2.45) is 0 Å². The van der Waals surface area contributed by atoms with Crippen molar-refractivity contribution in [2.75, 3.05) is 14.2 Å². The van der Waals surface area contributed by atoms with Gasteiger partial charge in [-0.2, -0.15) is 0 Å². The number of hydrogen-bond donors (Lipinski definition) is 1. The van der Waals surface area contributed by atoms with Gasteiger partial charge in [-0.05, 0) is 61.4 Å². The first-order valence-electron chi connectivity index (χ1n) is 11.9. The molecule has 1 fully saturated rings. The van der Waals surface area contributed by atoms with E-state index in [1.165, 1.54) is 24.1 Å². The number of carbonyl (C=O) groups is 2. The highest BCUT2D eigenvalue weighted by Gasteiger charge is 2.46. The van der Waals surface area contributed by atoms with Gasteiger partial charge < -0.3 is 24.2 Å². The average molecular weight is 556 g/mol. The van der Waals surface area contributed by atoms with Crippen molar-refractivity contribution < 1.29 is 28.9 Å². The number of likely N-dealkylation sites (tertiary alicyclic amines) is 1. The maximum atomic E-state index is 13.4. The number of aliphatic hydroxyl groups excluding tert-OH is 1. The van der Waals surface area contributed by atoms with Gasteiger partial charge >= 0.3 is 0 Å². The zero-order valence-electron chi connectivity index (χ0n) is 21.3. The third-order valence-electron chi connectivity index (χ3n) is 6.07. The minimum absolute atomic E-state index is 0.0810. The number of Topliss-reactive ketones (excluding diaryl/α,β-unsaturated/α-hetero) is 1. The number of aliphatic hydroxyl groups is 1. The second-order valence-electron chi connectivity index (χ2n) is 8.99. The van der Waals surface area contributed by atoms with Gasteiger partial charge in [-0.15, -0.1) is 0 Å². The van der Waals surface area contributed by atoms with Crippen molar-refractivity contribution in [3.05, 3.63) is 93.0 Å². The highest BCUT2D eigenvalue weighted by atomic mass is 35.5. The highest BCUT2D eigenvalue weighted by Crippen LogP contribution is 2.43. The summed E-state index contributed by atoms with van der Waals surface area (Å²) >= 11 is 12.6. The number of benzene rings is 3. The molecule has 198 valence electrons. The van der Waals surface area contributed by atoms with Gasteiger partial charge in [0.05, 0.1) is 42.0 Å². The highest BCUT2D eigenvalue weighted by molar-refractivity contribution is 6.46. The number of methoxy groups -OCH3 is 2. The van der Waals surface area contributed by atoms with Gasteiger partial charge in [0.2, 0.25) is 0 Å². The number of rotatable bonds is 8. The number of halogens is 2. The van der Waals surface area contributed by atoms with Crippen LogP contribution >= 0.6 is 23.2 Å². The SMILES string of the molecule is COc1ccc(CN2C(=O)C(=O)/C(=C(/O)c3cc(Cl)c(OC)c(Cl)c3)C2c2cccc(OC(C)C)c2)cc1. The van der Waals surface area contributed by atoms with Crippen LogP contribution in [-0.2, 0) is 16.1 Å². The molecule has 0 aliphatic carbocycles. The summed E-state index contributed by atoms with van der Waals surface area (Å²) in [6.07, 6.45) is -0.0838. The van der Waals surface area contributed by atoms with Crippen molar-refractivity contribution in [3.8, 4) is 17.2 Å². The number of hydrogen-bond acceptors (Lipinski definition) is 6. The lowest BCUT2D eigenvalue weighted by atomic mass is 9.95. The summed E-state index contributed by atoms with van der Waals surface area (Å²) < 4.78 is 16.3. The molecule has 0 bridgehead atoms. The monoisotopic (exact) mass is 555 g/mol. The lowest BCUT2D eigenvalue weighted by Gasteiger charge is -2.26. The zero-order chi connectivity index (χ0) is 27.6. The molecule has 38 heavy (non-hydrogen) atoms. The van der Waals surface area contributed by atoms with Gasteiger partial charge in [0.15, 0.2) is 5.75 Å². The first kappa shape index (κ1) is 27.4. The first-order valence-corrected chi connectivity index (χ1v) is 12.6. The molecule has 4 rings (SSSR count). The number of carbonyl (C=O) groups excluding carboxylic acids is 2. The van der Waals surface area contributed by atoms with Gasteiger partial charge in [0.1, 0.15) is 17.3 Å². The normalized spacial score (nSPS) is 16.7. The van der Waals surface area contributed by atoms with Gasteiger partial charge in [-0.1, -0.05) is 47.5 Å². The van der Waals surface area contributed by atoms with E-state index in [4.69, 9.17) is 37.4 Å². The van der Waals surface area contributed by atoms with Crippen LogP contribution in [0, 0.1) is 0 Å². The molecule has 0 saturated carbocycles. The van der Waals surface area contributed by atoms with Crippen molar-refractivity contribution in [1.29, 1.82) is 0 Å². The van der Waals surface area contributed by atoms with E-state index >= 15 is 0 Å². The van der Waals surface area contributed by atoms with Gasteiger partial charge in [0, 0.05) is 12.1 Å². The largest absolute Gasteiger partial charge is 0.507 e. The molecule has 0 aromatic heterocycles. The molecule has 7 nitrogen and oxygen atoms in total. The molecule has 3 aromatic carbocycles. The Hall–Kier alpha value is -3.68. The van der Waals surface area contributed by atoms with Crippen molar-refractivity contribution in [1.82, 2.24) is 4.90 Å². The van der Waals surface area contributed by atoms with E-state index in [2.05, 4.69) is 0 Å². The van der Waals surface area contributed by atoms with Crippen LogP contribution in [0.3, 0.4) is 0 Å². The molecule has 0 spiro atoms. The van der Waals surface area contributed by atoms with E-state index in [9.17, 15) is 14.7 Å². The van der Waals surface area contributed by atoms with Gasteiger partial charge in [-0.25, -0.2) is 0 Å². The Morgan fingerprint density at radius 1 is 0.947 bits per heavy atom. The molecule has 1 atom stereocenters. The Morgan fingerprint density at radius 3 is 2.18 bits per heavy atom. The Morgan fingerprint density at radius 2 is 1.61 bits per heavy atom. The number of nitrogens with zero attached hydrogens (tertiary/aromatic N) is 1. The van der Waals surface area contributed by atoms with Crippen LogP contribution in [0.25, 0.3) is 5.76 Å².